The lowest BCUT2D eigenvalue weighted by Gasteiger charge is -2.29. The zero-order valence-corrected chi connectivity index (χ0v) is 18.8. The number of benzene rings is 2. The Labute approximate surface area is 190 Å². The van der Waals surface area contributed by atoms with Gasteiger partial charge in [0, 0.05) is 36.2 Å². The molecule has 162 valence electrons. The molecule has 2 saturated heterocycles. The Morgan fingerprint density at radius 3 is 2.35 bits per heavy atom. The molecule has 0 bridgehead atoms. The summed E-state index contributed by atoms with van der Waals surface area (Å²) >= 11 is 3.38. The number of hydrogen-bond acceptors (Lipinski definition) is 5. The van der Waals surface area contributed by atoms with Crippen LogP contribution in [0.15, 0.2) is 64.6 Å². The molecule has 0 aliphatic carbocycles. The van der Waals surface area contributed by atoms with Crippen LogP contribution in [0.5, 0.6) is 0 Å². The number of nitrogens with zero attached hydrogens (tertiary/aromatic N) is 2. The summed E-state index contributed by atoms with van der Waals surface area (Å²) in [6.45, 7) is 4.48. The first kappa shape index (κ1) is 21.7. The molecule has 7 heteroatoms. The van der Waals surface area contributed by atoms with E-state index in [0.717, 1.165) is 49.3 Å². The van der Waals surface area contributed by atoms with Gasteiger partial charge in [-0.25, -0.2) is 0 Å². The second-order valence-corrected chi connectivity index (χ2v) is 8.63. The number of ether oxygens (including phenoxy) is 1. The Bertz CT molecular complexity index is 969. The van der Waals surface area contributed by atoms with Crippen LogP contribution in [0.1, 0.15) is 23.6 Å². The zero-order chi connectivity index (χ0) is 21.8. The Kier molecular flexibility index (Phi) is 6.85. The number of aliphatic hydroxyl groups excluding tert-OH is 1. The summed E-state index contributed by atoms with van der Waals surface area (Å²) in [6, 6.07) is 15.9. The molecule has 0 spiro atoms. The molecule has 31 heavy (non-hydrogen) atoms. The van der Waals surface area contributed by atoms with Gasteiger partial charge < -0.3 is 14.7 Å². The van der Waals surface area contributed by atoms with E-state index in [-0.39, 0.29) is 11.3 Å². The van der Waals surface area contributed by atoms with E-state index in [4.69, 9.17) is 4.74 Å². The molecule has 2 aliphatic rings. The van der Waals surface area contributed by atoms with Crippen molar-refractivity contribution in [1.29, 1.82) is 0 Å². The van der Waals surface area contributed by atoms with Gasteiger partial charge >= 0.3 is 0 Å². The van der Waals surface area contributed by atoms with Gasteiger partial charge in [0.15, 0.2) is 0 Å². The maximum atomic E-state index is 13.0. The van der Waals surface area contributed by atoms with Crippen LogP contribution in [0, 0.1) is 0 Å². The maximum absolute atomic E-state index is 13.0. The highest BCUT2D eigenvalue weighted by Gasteiger charge is 2.45. The van der Waals surface area contributed by atoms with Gasteiger partial charge in [-0.2, -0.15) is 0 Å². The Morgan fingerprint density at radius 2 is 1.68 bits per heavy atom. The highest BCUT2D eigenvalue weighted by atomic mass is 79.9. The van der Waals surface area contributed by atoms with Crippen LogP contribution in [-0.4, -0.2) is 66.0 Å². The van der Waals surface area contributed by atoms with Gasteiger partial charge in [0.1, 0.15) is 5.76 Å². The average molecular weight is 485 g/mol. The van der Waals surface area contributed by atoms with Gasteiger partial charge in [0.05, 0.1) is 24.8 Å². The third-order valence-corrected chi connectivity index (χ3v) is 6.28. The maximum Gasteiger partial charge on any atom is 0.295 e. The largest absolute Gasteiger partial charge is 0.507 e. The number of Topliss-reactive ketones (excluding diaryl/α,β-unsaturated/α-hetero) is 1. The molecule has 0 saturated carbocycles. The fraction of sp³-hybridized carbons (Fsp3) is 0.333. The average Bonchev–Trinajstić information content (AvgIpc) is 3.05. The first-order valence-corrected chi connectivity index (χ1v) is 11.2. The van der Waals surface area contributed by atoms with Crippen LogP contribution in [-0.2, 0) is 14.3 Å². The van der Waals surface area contributed by atoms with Crippen molar-refractivity contribution in [3.8, 4) is 0 Å². The van der Waals surface area contributed by atoms with Crippen LogP contribution in [0.2, 0.25) is 0 Å². The van der Waals surface area contributed by atoms with Gasteiger partial charge in [-0.15, -0.1) is 0 Å². The lowest BCUT2D eigenvalue weighted by molar-refractivity contribution is -0.140. The Morgan fingerprint density at radius 1 is 1.00 bits per heavy atom. The fourth-order valence-corrected chi connectivity index (χ4v) is 4.41. The number of amides is 1. The van der Waals surface area contributed by atoms with E-state index in [9.17, 15) is 14.7 Å². The molecular weight excluding hydrogens is 460 g/mol. The summed E-state index contributed by atoms with van der Waals surface area (Å²) in [5.41, 5.74) is 1.46. The predicted octanol–water partition coefficient (Wildman–Crippen LogP) is 3.59. The van der Waals surface area contributed by atoms with Crippen LogP contribution in [0.4, 0.5) is 0 Å². The summed E-state index contributed by atoms with van der Waals surface area (Å²) in [4.78, 5) is 29.9. The lowest BCUT2D eigenvalue weighted by Crippen LogP contribution is -2.38. The molecule has 2 aromatic carbocycles. The van der Waals surface area contributed by atoms with E-state index in [0.29, 0.717) is 12.1 Å². The molecule has 1 atom stereocenters. The highest BCUT2D eigenvalue weighted by molar-refractivity contribution is 9.10. The van der Waals surface area contributed by atoms with E-state index >= 15 is 0 Å². The number of ketones is 1. The molecule has 1 amide bonds. The van der Waals surface area contributed by atoms with E-state index in [1.165, 1.54) is 0 Å². The molecule has 0 radical (unpaired) electrons. The number of aliphatic hydroxyl groups is 1. The molecule has 1 N–H and O–H groups in total. The Hall–Kier alpha value is -2.48. The van der Waals surface area contributed by atoms with Crippen LogP contribution in [0.25, 0.3) is 5.76 Å². The van der Waals surface area contributed by atoms with Crippen molar-refractivity contribution in [3.63, 3.8) is 0 Å². The van der Waals surface area contributed by atoms with Crippen LogP contribution >= 0.6 is 15.9 Å². The van der Waals surface area contributed by atoms with Crippen LogP contribution in [0.3, 0.4) is 0 Å². The van der Waals surface area contributed by atoms with Gasteiger partial charge in [-0.3, -0.25) is 14.5 Å². The molecule has 0 aromatic heterocycles. The van der Waals surface area contributed by atoms with E-state index in [1.807, 2.05) is 30.3 Å². The van der Waals surface area contributed by atoms with Crippen molar-refractivity contribution in [1.82, 2.24) is 9.80 Å². The minimum Gasteiger partial charge on any atom is -0.507 e. The number of halogens is 1. The monoisotopic (exact) mass is 484 g/mol. The van der Waals surface area contributed by atoms with Crippen molar-refractivity contribution >= 4 is 33.4 Å². The molecule has 4 rings (SSSR count). The van der Waals surface area contributed by atoms with Gasteiger partial charge in [0.25, 0.3) is 11.7 Å². The summed E-state index contributed by atoms with van der Waals surface area (Å²) in [5.74, 6) is -1.34. The smallest absolute Gasteiger partial charge is 0.295 e. The number of hydrogen-bond donors (Lipinski definition) is 1. The first-order valence-electron chi connectivity index (χ1n) is 10.5. The molecule has 6 nitrogen and oxygen atoms in total. The van der Waals surface area contributed by atoms with Crippen LogP contribution < -0.4 is 0 Å². The zero-order valence-electron chi connectivity index (χ0n) is 17.2. The predicted molar refractivity (Wildman–Crippen MR) is 121 cm³/mol. The number of carbonyl (C=O) groups is 2. The molecule has 2 heterocycles. The van der Waals surface area contributed by atoms with E-state index < -0.39 is 17.7 Å². The number of likely N-dealkylation sites (tertiary alicyclic amines) is 1. The summed E-state index contributed by atoms with van der Waals surface area (Å²) in [5, 5.41) is 11.0. The number of carbonyl (C=O) groups excluding carboxylic acids is 2. The van der Waals surface area contributed by atoms with Crippen molar-refractivity contribution in [2.24, 2.45) is 0 Å². The Balaban J connectivity index is 1.64. The quantitative estimate of drug-likeness (QED) is 0.385. The standard InChI is InChI=1S/C24H25BrN2O4/c25-19-9-7-18(8-10-19)22(28)20-21(17-5-2-1-3-6-17)27(24(30)23(20)29)12-4-11-26-13-15-31-16-14-26/h1-3,5-10,21,28H,4,11-16H2/t21-/m0/s1. The third kappa shape index (κ3) is 4.74. The normalized spacial score (nSPS) is 21.6. The van der Waals surface area contributed by atoms with Gasteiger partial charge in [-0.1, -0.05) is 58.4 Å². The summed E-state index contributed by atoms with van der Waals surface area (Å²) < 4.78 is 6.26. The molecule has 0 unspecified atom stereocenters. The summed E-state index contributed by atoms with van der Waals surface area (Å²) in [6.07, 6.45) is 0.745. The van der Waals surface area contributed by atoms with E-state index in [2.05, 4.69) is 20.8 Å². The topological polar surface area (TPSA) is 70.1 Å². The first-order chi connectivity index (χ1) is 15.1. The van der Waals surface area contributed by atoms with E-state index in [1.54, 1.807) is 29.2 Å². The number of morpholine rings is 1. The van der Waals surface area contributed by atoms with Crippen molar-refractivity contribution < 1.29 is 19.4 Å². The van der Waals surface area contributed by atoms with Gasteiger partial charge in [-0.05, 0) is 24.1 Å². The molecule has 2 aliphatic heterocycles. The minimum atomic E-state index is -0.638. The molecule has 2 fully saturated rings. The number of rotatable bonds is 6. The van der Waals surface area contributed by atoms with Gasteiger partial charge in [0.2, 0.25) is 0 Å². The third-order valence-electron chi connectivity index (χ3n) is 5.75. The van der Waals surface area contributed by atoms with Crippen molar-refractivity contribution in [2.45, 2.75) is 12.5 Å². The summed E-state index contributed by atoms with van der Waals surface area (Å²) in [7, 11) is 0. The second-order valence-electron chi connectivity index (χ2n) is 7.72. The second kappa shape index (κ2) is 9.77. The SMILES string of the molecule is O=C1C(=O)N(CCCN2CCOCC2)[C@@H](c2ccccc2)C1=C(O)c1ccc(Br)cc1. The lowest BCUT2D eigenvalue weighted by atomic mass is 9.95. The minimum absolute atomic E-state index is 0.143. The molecule has 2 aromatic rings. The molecular formula is C24H25BrN2O4. The fourth-order valence-electron chi connectivity index (χ4n) is 4.15. The van der Waals surface area contributed by atoms with Crippen molar-refractivity contribution in [2.75, 3.05) is 39.4 Å². The highest BCUT2D eigenvalue weighted by Crippen LogP contribution is 2.39. The van der Waals surface area contributed by atoms with Crippen molar-refractivity contribution in [3.05, 3.63) is 75.8 Å².